The van der Waals surface area contributed by atoms with E-state index in [1.165, 1.54) is 45.6 Å². The van der Waals surface area contributed by atoms with Crippen LogP contribution in [0.4, 0.5) is 0 Å². The molecule has 12 heteroatoms. The molecule has 0 radical (unpaired) electrons. The molecule has 0 fully saturated rings. The van der Waals surface area contributed by atoms with Gasteiger partial charge in [-0.1, -0.05) is 30.7 Å². The van der Waals surface area contributed by atoms with E-state index in [2.05, 4.69) is 0 Å². The summed E-state index contributed by atoms with van der Waals surface area (Å²) in [6.07, 6.45) is -0.617. The third-order valence-corrected chi connectivity index (χ3v) is 8.20. The molecule has 43 heavy (non-hydrogen) atoms. The molecule has 0 saturated carbocycles. The molecule has 11 nitrogen and oxygen atoms in total. The van der Waals surface area contributed by atoms with E-state index in [4.69, 9.17) is 35.0 Å². The van der Waals surface area contributed by atoms with Crippen molar-refractivity contribution in [2.24, 2.45) is 5.92 Å². The van der Waals surface area contributed by atoms with E-state index in [9.17, 15) is 29.4 Å². The average Bonchev–Trinajstić information content (AvgIpc) is 3.60. The molecule has 1 aliphatic carbocycles. The van der Waals surface area contributed by atoms with Gasteiger partial charge in [0.1, 0.15) is 33.6 Å². The number of esters is 1. The van der Waals surface area contributed by atoms with Crippen molar-refractivity contribution in [3.63, 3.8) is 0 Å². The second-order valence-electron chi connectivity index (χ2n) is 10.2. The van der Waals surface area contributed by atoms with Crippen LogP contribution in [0, 0.1) is 5.92 Å². The van der Waals surface area contributed by atoms with Crippen LogP contribution in [0.5, 0.6) is 17.2 Å². The normalized spacial score (nSPS) is 20.1. The number of carbonyl (C=O) groups excluding carboxylic acids is 3. The SMILES string of the molecule is COC(=O)CC(C1=C(O)C2(Oc3c(Cl)c(OC)cc(OC)c3C2=O)C(C)CC1=O)c1ccc(-c2ccc(C(=O)O)cc2)o1. The Bertz CT molecular complexity index is 1680. The fourth-order valence-corrected chi connectivity index (χ4v) is 5.87. The van der Waals surface area contributed by atoms with Crippen LogP contribution in [0.25, 0.3) is 11.3 Å². The van der Waals surface area contributed by atoms with Gasteiger partial charge in [0.25, 0.3) is 0 Å². The number of carboxylic acid groups (broad SMARTS) is 1. The summed E-state index contributed by atoms with van der Waals surface area (Å²) in [4.78, 5) is 51.5. The number of ether oxygens (including phenoxy) is 4. The molecule has 0 amide bonds. The predicted molar refractivity (Wildman–Crippen MR) is 151 cm³/mol. The summed E-state index contributed by atoms with van der Waals surface area (Å²) in [7, 11) is 3.91. The van der Waals surface area contributed by atoms with E-state index in [-0.39, 0.29) is 51.2 Å². The smallest absolute Gasteiger partial charge is 0.335 e. The van der Waals surface area contributed by atoms with Crippen LogP contribution < -0.4 is 14.2 Å². The van der Waals surface area contributed by atoms with Gasteiger partial charge >= 0.3 is 11.9 Å². The number of halogens is 1. The summed E-state index contributed by atoms with van der Waals surface area (Å²) in [6, 6.07) is 10.5. The van der Waals surface area contributed by atoms with Crippen LogP contribution >= 0.6 is 11.6 Å². The van der Waals surface area contributed by atoms with Gasteiger partial charge in [0.05, 0.1) is 39.2 Å². The average molecular weight is 611 g/mol. The zero-order chi connectivity index (χ0) is 31.2. The Morgan fingerprint density at radius 1 is 1.07 bits per heavy atom. The summed E-state index contributed by atoms with van der Waals surface area (Å²) in [5.41, 5.74) is -1.70. The first kappa shape index (κ1) is 29.7. The third kappa shape index (κ3) is 4.69. The van der Waals surface area contributed by atoms with Gasteiger partial charge in [0.15, 0.2) is 17.3 Å². The summed E-state index contributed by atoms with van der Waals surface area (Å²) < 4.78 is 27.8. The molecule has 0 bridgehead atoms. The maximum absolute atomic E-state index is 14.1. The first-order valence-corrected chi connectivity index (χ1v) is 13.5. The molecule has 1 aromatic heterocycles. The quantitative estimate of drug-likeness (QED) is 0.315. The van der Waals surface area contributed by atoms with E-state index in [1.54, 1.807) is 25.1 Å². The fraction of sp³-hybridized carbons (Fsp3) is 0.290. The second kappa shape index (κ2) is 11.1. The van der Waals surface area contributed by atoms with Crippen molar-refractivity contribution in [1.82, 2.24) is 0 Å². The minimum atomic E-state index is -2.05. The molecule has 2 heterocycles. The lowest BCUT2D eigenvalue weighted by molar-refractivity contribution is -0.141. The Morgan fingerprint density at radius 3 is 2.35 bits per heavy atom. The highest BCUT2D eigenvalue weighted by Gasteiger charge is 2.61. The van der Waals surface area contributed by atoms with Gasteiger partial charge < -0.3 is 33.6 Å². The van der Waals surface area contributed by atoms with Gasteiger partial charge in [-0.05, 0) is 24.3 Å². The Morgan fingerprint density at radius 2 is 1.74 bits per heavy atom. The number of Topliss-reactive ketones (excluding diaryl/α,β-unsaturated/α-hetero) is 2. The third-order valence-electron chi connectivity index (χ3n) is 7.84. The molecular weight excluding hydrogens is 584 g/mol. The van der Waals surface area contributed by atoms with Crippen molar-refractivity contribution >= 4 is 35.1 Å². The number of aliphatic hydroxyl groups is 1. The Labute approximate surface area is 250 Å². The monoisotopic (exact) mass is 610 g/mol. The van der Waals surface area contributed by atoms with Crippen molar-refractivity contribution < 1.29 is 52.8 Å². The summed E-state index contributed by atoms with van der Waals surface area (Å²) >= 11 is 6.51. The highest BCUT2D eigenvalue weighted by Crippen LogP contribution is 2.56. The lowest BCUT2D eigenvalue weighted by Gasteiger charge is -2.38. The molecule has 3 atom stereocenters. The first-order chi connectivity index (χ1) is 20.5. The van der Waals surface area contributed by atoms with Gasteiger partial charge in [0, 0.05) is 29.5 Å². The number of furan rings is 1. The lowest BCUT2D eigenvalue weighted by Crippen LogP contribution is -2.53. The molecular formula is C31H27ClO11. The predicted octanol–water partition coefficient (Wildman–Crippen LogP) is 5.40. The fourth-order valence-electron chi connectivity index (χ4n) is 5.61. The van der Waals surface area contributed by atoms with Gasteiger partial charge in [-0.3, -0.25) is 14.4 Å². The number of aromatic carboxylic acids is 1. The number of benzene rings is 2. The molecule has 2 N–H and O–H groups in total. The molecule has 224 valence electrons. The first-order valence-electron chi connectivity index (χ1n) is 13.1. The largest absolute Gasteiger partial charge is 0.507 e. The van der Waals surface area contributed by atoms with Crippen LogP contribution in [0.2, 0.25) is 5.02 Å². The summed E-state index contributed by atoms with van der Waals surface area (Å²) in [6.45, 7) is 1.59. The van der Waals surface area contributed by atoms with Crippen molar-refractivity contribution in [3.05, 3.63) is 75.7 Å². The van der Waals surface area contributed by atoms with E-state index in [0.29, 0.717) is 11.3 Å². The van der Waals surface area contributed by atoms with Crippen LogP contribution in [0.3, 0.4) is 0 Å². The number of allylic oxidation sites excluding steroid dienone is 1. The van der Waals surface area contributed by atoms with Crippen LogP contribution in [-0.2, 0) is 14.3 Å². The van der Waals surface area contributed by atoms with E-state index >= 15 is 0 Å². The van der Waals surface area contributed by atoms with Gasteiger partial charge in [-0.2, -0.15) is 0 Å². The minimum absolute atomic E-state index is 0.0160. The maximum atomic E-state index is 14.1. The minimum Gasteiger partial charge on any atom is -0.507 e. The lowest BCUT2D eigenvalue weighted by atomic mass is 9.69. The Balaban J connectivity index is 1.65. The molecule has 0 saturated heterocycles. The van der Waals surface area contributed by atoms with Gasteiger partial charge in [-0.25, -0.2) is 4.79 Å². The Kier molecular flexibility index (Phi) is 7.70. The van der Waals surface area contributed by atoms with Crippen LogP contribution in [0.15, 0.2) is 58.2 Å². The topological polar surface area (TPSA) is 159 Å². The number of hydrogen-bond acceptors (Lipinski definition) is 10. The number of carboxylic acids is 1. The number of ketones is 2. The molecule has 2 aromatic carbocycles. The molecule has 3 unspecified atom stereocenters. The molecule has 1 aliphatic heterocycles. The number of carbonyl (C=O) groups is 4. The molecule has 2 aliphatic rings. The number of rotatable bonds is 8. The van der Waals surface area contributed by atoms with Crippen molar-refractivity contribution in [1.29, 1.82) is 0 Å². The number of aliphatic hydroxyl groups excluding tert-OH is 1. The summed E-state index contributed by atoms with van der Waals surface area (Å²) in [5.74, 6) is -5.00. The number of hydrogen-bond donors (Lipinski definition) is 2. The van der Waals surface area contributed by atoms with Gasteiger partial charge in [0.2, 0.25) is 11.4 Å². The van der Waals surface area contributed by atoms with E-state index in [0.717, 1.165) is 0 Å². The molecule has 1 spiro atoms. The number of fused-ring (bicyclic) bond motifs is 1. The zero-order valence-corrected chi connectivity index (χ0v) is 24.3. The van der Waals surface area contributed by atoms with Gasteiger partial charge in [-0.15, -0.1) is 0 Å². The number of methoxy groups -OCH3 is 3. The second-order valence-corrected chi connectivity index (χ2v) is 10.6. The molecule has 5 rings (SSSR count). The highest BCUT2D eigenvalue weighted by molar-refractivity contribution is 6.35. The van der Waals surface area contributed by atoms with Crippen molar-refractivity contribution in [2.45, 2.75) is 31.3 Å². The summed E-state index contributed by atoms with van der Waals surface area (Å²) in [5, 5.41) is 21.0. The molecule has 3 aromatic rings. The van der Waals surface area contributed by atoms with Crippen LogP contribution in [0.1, 0.15) is 52.2 Å². The highest BCUT2D eigenvalue weighted by atomic mass is 35.5. The van der Waals surface area contributed by atoms with E-state index in [1.807, 2.05) is 0 Å². The van der Waals surface area contributed by atoms with Crippen LogP contribution in [-0.4, -0.2) is 60.6 Å². The zero-order valence-electron chi connectivity index (χ0n) is 23.6. The standard InChI is InChI=1S/C31H27ClO11/c1-14-11-18(33)24(28(35)31(14)29(36)25-21(39-2)13-22(40-3)26(32)27(25)43-31)17(12-23(34)41-4)20-10-9-19(42-20)15-5-7-16(8-6-15)30(37)38/h5-10,13-14,17,35H,11-12H2,1-4H3,(H,37,38). The maximum Gasteiger partial charge on any atom is 0.335 e. The van der Waals surface area contributed by atoms with Crippen molar-refractivity contribution in [2.75, 3.05) is 21.3 Å². The van der Waals surface area contributed by atoms with E-state index < -0.39 is 53.1 Å². The van der Waals surface area contributed by atoms with Crippen molar-refractivity contribution in [3.8, 4) is 28.6 Å². The Hall–Kier alpha value is -4.77.